The number of hydrogen-bond acceptors (Lipinski definition) is 3. The molecule has 0 bridgehead atoms. The number of nitrogens with one attached hydrogen (secondary N) is 1. The van der Waals surface area contributed by atoms with Crippen LogP contribution in [0.1, 0.15) is 32.0 Å². The van der Waals surface area contributed by atoms with E-state index in [9.17, 15) is 0 Å². The predicted molar refractivity (Wildman–Crippen MR) is 74.2 cm³/mol. The van der Waals surface area contributed by atoms with Crippen LogP contribution in [0.2, 0.25) is 0 Å². The Balaban J connectivity index is 1.82. The van der Waals surface area contributed by atoms with Crippen molar-refractivity contribution in [3.05, 3.63) is 24.0 Å². The van der Waals surface area contributed by atoms with Crippen molar-refractivity contribution in [1.29, 1.82) is 0 Å². The van der Waals surface area contributed by atoms with E-state index < -0.39 is 0 Å². The van der Waals surface area contributed by atoms with Crippen molar-refractivity contribution in [3.63, 3.8) is 0 Å². The highest BCUT2D eigenvalue weighted by molar-refractivity contribution is 5.78. The number of anilines is 1. The minimum Gasteiger partial charge on any atom is -0.399 e. The molecule has 1 aliphatic rings. The normalized spacial score (nSPS) is 20.8. The van der Waals surface area contributed by atoms with E-state index in [0.717, 1.165) is 35.1 Å². The lowest BCUT2D eigenvalue weighted by atomic mass is 10.2. The van der Waals surface area contributed by atoms with Gasteiger partial charge in [0.05, 0.1) is 17.6 Å². The first-order valence-electron chi connectivity index (χ1n) is 6.74. The average Bonchev–Trinajstić information content (AvgIpc) is 2.94. The van der Waals surface area contributed by atoms with Crippen LogP contribution in [-0.4, -0.2) is 27.5 Å². The number of nitrogens with zero attached hydrogens (tertiary/aromatic N) is 2. The number of hydrogen-bond donors (Lipinski definition) is 2. The summed E-state index contributed by atoms with van der Waals surface area (Å²) in [5.74, 6) is 1.05. The molecule has 0 spiro atoms. The standard InChI is InChI=1S/C14H20N4/c1-2-11-4-3-7-18(11)9-14-16-12-6-5-10(15)8-13(12)17-14/h5-6,8,11H,2-4,7,9,15H2,1H3,(H,16,17). The largest absolute Gasteiger partial charge is 0.399 e. The molecule has 0 radical (unpaired) electrons. The zero-order valence-electron chi connectivity index (χ0n) is 10.8. The molecule has 18 heavy (non-hydrogen) atoms. The third-order valence-electron chi connectivity index (χ3n) is 3.88. The maximum atomic E-state index is 5.78. The Morgan fingerprint density at radius 2 is 2.39 bits per heavy atom. The average molecular weight is 244 g/mol. The lowest BCUT2D eigenvalue weighted by molar-refractivity contribution is 0.235. The fraction of sp³-hybridized carbons (Fsp3) is 0.500. The highest BCUT2D eigenvalue weighted by Gasteiger charge is 2.23. The molecule has 1 atom stereocenters. The lowest BCUT2D eigenvalue weighted by Gasteiger charge is -2.21. The number of aromatic amines is 1. The highest BCUT2D eigenvalue weighted by atomic mass is 15.2. The van der Waals surface area contributed by atoms with Gasteiger partial charge in [0, 0.05) is 11.7 Å². The molecule has 1 fully saturated rings. The number of nitrogen functional groups attached to an aromatic ring is 1. The van der Waals surface area contributed by atoms with Crippen LogP contribution in [0.15, 0.2) is 18.2 Å². The zero-order chi connectivity index (χ0) is 12.5. The molecule has 2 aromatic rings. The monoisotopic (exact) mass is 244 g/mol. The molecule has 4 heteroatoms. The van der Waals surface area contributed by atoms with E-state index in [1.54, 1.807) is 0 Å². The summed E-state index contributed by atoms with van der Waals surface area (Å²) in [6, 6.07) is 6.56. The van der Waals surface area contributed by atoms with E-state index in [1.807, 2.05) is 18.2 Å². The number of imidazole rings is 1. The molecule has 1 saturated heterocycles. The summed E-state index contributed by atoms with van der Waals surface area (Å²) >= 11 is 0. The number of rotatable bonds is 3. The molecular formula is C14H20N4. The van der Waals surface area contributed by atoms with Crippen molar-refractivity contribution < 1.29 is 0 Å². The van der Waals surface area contributed by atoms with Crippen LogP contribution in [-0.2, 0) is 6.54 Å². The Kier molecular flexibility index (Phi) is 2.96. The van der Waals surface area contributed by atoms with Crippen molar-refractivity contribution in [2.45, 2.75) is 38.8 Å². The molecule has 1 unspecified atom stereocenters. The molecular weight excluding hydrogens is 224 g/mol. The Labute approximate surface area is 107 Å². The Morgan fingerprint density at radius 3 is 3.22 bits per heavy atom. The van der Waals surface area contributed by atoms with Gasteiger partial charge in [-0.15, -0.1) is 0 Å². The molecule has 3 N–H and O–H groups in total. The van der Waals surface area contributed by atoms with Crippen molar-refractivity contribution in [3.8, 4) is 0 Å². The van der Waals surface area contributed by atoms with Gasteiger partial charge in [0.2, 0.25) is 0 Å². The van der Waals surface area contributed by atoms with Crippen LogP contribution in [0.4, 0.5) is 5.69 Å². The second-order valence-corrected chi connectivity index (χ2v) is 5.13. The van der Waals surface area contributed by atoms with Crippen LogP contribution in [0.25, 0.3) is 11.0 Å². The lowest BCUT2D eigenvalue weighted by Crippen LogP contribution is -2.28. The number of aromatic nitrogens is 2. The van der Waals surface area contributed by atoms with Gasteiger partial charge in [-0.25, -0.2) is 4.98 Å². The summed E-state index contributed by atoms with van der Waals surface area (Å²) < 4.78 is 0. The molecule has 96 valence electrons. The zero-order valence-corrected chi connectivity index (χ0v) is 10.8. The summed E-state index contributed by atoms with van der Waals surface area (Å²) in [4.78, 5) is 10.5. The summed E-state index contributed by atoms with van der Waals surface area (Å²) in [5, 5.41) is 0. The number of fused-ring (bicyclic) bond motifs is 1. The van der Waals surface area contributed by atoms with Gasteiger partial charge in [0.1, 0.15) is 5.82 Å². The van der Waals surface area contributed by atoms with E-state index in [0.29, 0.717) is 0 Å². The van der Waals surface area contributed by atoms with Crippen molar-refractivity contribution >= 4 is 16.7 Å². The van der Waals surface area contributed by atoms with Gasteiger partial charge in [0.15, 0.2) is 0 Å². The molecule has 0 amide bonds. The Bertz CT molecular complexity index is 546. The quantitative estimate of drug-likeness (QED) is 0.816. The van der Waals surface area contributed by atoms with Crippen LogP contribution in [0.5, 0.6) is 0 Å². The van der Waals surface area contributed by atoms with Crippen molar-refractivity contribution in [1.82, 2.24) is 14.9 Å². The van der Waals surface area contributed by atoms with E-state index >= 15 is 0 Å². The smallest absolute Gasteiger partial charge is 0.121 e. The fourth-order valence-electron chi connectivity index (χ4n) is 2.91. The van der Waals surface area contributed by atoms with Crippen LogP contribution < -0.4 is 5.73 Å². The molecule has 1 aromatic carbocycles. The number of benzene rings is 1. The van der Waals surface area contributed by atoms with Gasteiger partial charge >= 0.3 is 0 Å². The molecule has 4 nitrogen and oxygen atoms in total. The van der Waals surface area contributed by atoms with Crippen LogP contribution in [0.3, 0.4) is 0 Å². The molecule has 0 saturated carbocycles. The van der Waals surface area contributed by atoms with E-state index in [-0.39, 0.29) is 0 Å². The summed E-state index contributed by atoms with van der Waals surface area (Å²) in [5.41, 5.74) is 8.61. The van der Waals surface area contributed by atoms with Crippen LogP contribution in [0, 0.1) is 0 Å². The third kappa shape index (κ3) is 2.08. The first-order chi connectivity index (χ1) is 8.76. The van der Waals surface area contributed by atoms with Gasteiger partial charge in [-0.2, -0.15) is 0 Å². The third-order valence-corrected chi connectivity index (χ3v) is 3.88. The van der Waals surface area contributed by atoms with Gasteiger partial charge in [-0.1, -0.05) is 6.92 Å². The summed E-state index contributed by atoms with van der Waals surface area (Å²) in [6.45, 7) is 4.38. The van der Waals surface area contributed by atoms with Crippen molar-refractivity contribution in [2.75, 3.05) is 12.3 Å². The number of nitrogens with two attached hydrogens (primary N) is 1. The van der Waals surface area contributed by atoms with Crippen molar-refractivity contribution in [2.24, 2.45) is 0 Å². The molecule has 2 heterocycles. The van der Waals surface area contributed by atoms with Gasteiger partial charge in [-0.05, 0) is 44.0 Å². The SMILES string of the molecule is CCC1CCCN1Cc1nc2ccc(N)cc2[nH]1. The Hall–Kier alpha value is -1.55. The molecule has 1 aromatic heterocycles. The number of likely N-dealkylation sites (tertiary alicyclic amines) is 1. The predicted octanol–water partition coefficient (Wildman–Crippen LogP) is 2.52. The summed E-state index contributed by atoms with van der Waals surface area (Å²) in [7, 11) is 0. The first kappa shape index (κ1) is 11.5. The van der Waals surface area contributed by atoms with E-state index in [1.165, 1.54) is 25.8 Å². The van der Waals surface area contributed by atoms with Gasteiger partial charge < -0.3 is 10.7 Å². The summed E-state index contributed by atoms with van der Waals surface area (Å²) in [6.07, 6.45) is 3.86. The first-order valence-corrected chi connectivity index (χ1v) is 6.74. The Morgan fingerprint density at radius 1 is 1.50 bits per heavy atom. The van der Waals surface area contributed by atoms with E-state index in [4.69, 9.17) is 5.73 Å². The molecule has 0 aliphatic carbocycles. The highest BCUT2D eigenvalue weighted by Crippen LogP contribution is 2.22. The molecule has 1 aliphatic heterocycles. The minimum absolute atomic E-state index is 0.725. The fourth-order valence-corrected chi connectivity index (χ4v) is 2.91. The topological polar surface area (TPSA) is 57.9 Å². The van der Waals surface area contributed by atoms with E-state index in [2.05, 4.69) is 21.8 Å². The maximum Gasteiger partial charge on any atom is 0.121 e. The second-order valence-electron chi connectivity index (χ2n) is 5.13. The molecule has 3 rings (SSSR count). The second kappa shape index (κ2) is 4.61. The van der Waals surface area contributed by atoms with Gasteiger partial charge in [0.25, 0.3) is 0 Å². The van der Waals surface area contributed by atoms with Gasteiger partial charge in [-0.3, -0.25) is 4.90 Å². The maximum absolute atomic E-state index is 5.78. The minimum atomic E-state index is 0.725. The number of H-pyrrole nitrogens is 1. The van der Waals surface area contributed by atoms with Crippen LogP contribution >= 0.6 is 0 Å².